The topological polar surface area (TPSA) is 139 Å². The second-order valence-electron chi connectivity index (χ2n) is 8.14. The van der Waals surface area contributed by atoms with Crippen LogP contribution in [-0.4, -0.2) is 39.9 Å². The Balaban J connectivity index is 1.85. The molecule has 0 spiro atoms. The maximum absolute atomic E-state index is 12.8. The SMILES string of the molecule is CC(=O)c1cc(NC(=O)c2cccc(C(=O)Nc3cc(C(C)=O)cc(C(C)=O)c3)n2)cc(C(C)=O)c1. The molecule has 9 heteroatoms. The van der Waals surface area contributed by atoms with E-state index in [1.54, 1.807) is 0 Å². The van der Waals surface area contributed by atoms with Gasteiger partial charge in [-0.1, -0.05) is 6.07 Å². The van der Waals surface area contributed by atoms with Gasteiger partial charge in [0.2, 0.25) is 0 Å². The zero-order valence-electron chi connectivity index (χ0n) is 20.1. The second kappa shape index (κ2) is 10.6. The summed E-state index contributed by atoms with van der Waals surface area (Å²) in [5.41, 5.74) is 1.34. The minimum atomic E-state index is -0.655. The fraction of sp³-hybridized carbons (Fsp3) is 0.148. The Morgan fingerprint density at radius 3 is 1.11 bits per heavy atom. The molecule has 0 saturated heterocycles. The van der Waals surface area contributed by atoms with E-state index in [-0.39, 0.29) is 68.1 Å². The molecule has 2 N–H and O–H groups in total. The van der Waals surface area contributed by atoms with E-state index in [1.165, 1.54) is 82.3 Å². The molecular formula is C27H23N3O6. The van der Waals surface area contributed by atoms with Crippen molar-refractivity contribution >= 4 is 46.3 Å². The van der Waals surface area contributed by atoms with Gasteiger partial charge in [-0.2, -0.15) is 0 Å². The first-order valence-electron chi connectivity index (χ1n) is 10.9. The Morgan fingerprint density at radius 1 is 0.528 bits per heavy atom. The zero-order chi connectivity index (χ0) is 26.6. The first-order valence-corrected chi connectivity index (χ1v) is 10.9. The maximum Gasteiger partial charge on any atom is 0.274 e. The Morgan fingerprint density at radius 2 is 0.833 bits per heavy atom. The van der Waals surface area contributed by atoms with Crippen molar-refractivity contribution in [3.63, 3.8) is 0 Å². The molecule has 182 valence electrons. The molecule has 0 saturated carbocycles. The number of Topliss-reactive ketones (excluding diaryl/α,β-unsaturated/α-hetero) is 4. The van der Waals surface area contributed by atoms with E-state index in [0.29, 0.717) is 0 Å². The molecular weight excluding hydrogens is 462 g/mol. The molecule has 0 fully saturated rings. The van der Waals surface area contributed by atoms with Crippen molar-refractivity contribution in [2.75, 3.05) is 10.6 Å². The summed E-state index contributed by atoms with van der Waals surface area (Å²) in [5.74, 6) is -2.40. The standard InChI is InChI=1S/C27H23N3O6/c1-14(31)18-8-19(15(2)32)11-22(10-18)28-26(35)24-6-5-7-25(30-24)27(36)29-23-12-20(16(3)33)9-21(13-23)17(4)34/h5-13H,1-4H3,(H,28,35)(H,29,36). The Kier molecular flexibility index (Phi) is 7.64. The molecule has 1 heterocycles. The lowest BCUT2D eigenvalue weighted by molar-refractivity contribution is 0.0995. The highest BCUT2D eigenvalue weighted by Gasteiger charge is 2.16. The van der Waals surface area contributed by atoms with Crippen LogP contribution in [0.4, 0.5) is 11.4 Å². The van der Waals surface area contributed by atoms with Crippen molar-refractivity contribution in [1.82, 2.24) is 4.98 Å². The maximum atomic E-state index is 12.8. The molecule has 1 aromatic heterocycles. The highest BCUT2D eigenvalue weighted by Crippen LogP contribution is 2.19. The van der Waals surface area contributed by atoms with Crippen LogP contribution in [0.1, 0.15) is 90.1 Å². The summed E-state index contributed by atoms with van der Waals surface area (Å²) < 4.78 is 0. The predicted octanol–water partition coefficient (Wildman–Crippen LogP) is 4.40. The molecule has 3 aromatic rings. The molecule has 2 aromatic carbocycles. The van der Waals surface area contributed by atoms with Crippen molar-refractivity contribution in [2.24, 2.45) is 0 Å². The fourth-order valence-electron chi connectivity index (χ4n) is 3.29. The van der Waals surface area contributed by atoms with Crippen LogP contribution in [0.3, 0.4) is 0 Å². The number of anilines is 2. The molecule has 2 amide bonds. The molecule has 0 aliphatic carbocycles. The van der Waals surface area contributed by atoms with Gasteiger partial charge in [0.25, 0.3) is 11.8 Å². The number of nitrogens with zero attached hydrogens (tertiary/aromatic N) is 1. The summed E-state index contributed by atoms with van der Waals surface area (Å²) in [7, 11) is 0. The first kappa shape index (κ1) is 25.8. The van der Waals surface area contributed by atoms with E-state index in [2.05, 4.69) is 15.6 Å². The van der Waals surface area contributed by atoms with Crippen molar-refractivity contribution < 1.29 is 28.8 Å². The van der Waals surface area contributed by atoms with Crippen LogP contribution < -0.4 is 10.6 Å². The molecule has 0 radical (unpaired) electrons. The lowest BCUT2D eigenvalue weighted by Gasteiger charge is -2.10. The van der Waals surface area contributed by atoms with Crippen LogP contribution >= 0.6 is 0 Å². The third kappa shape index (κ3) is 6.20. The number of ketones is 4. The molecule has 0 bridgehead atoms. The summed E-state index contributed by atoms with van der Waals surface area (Å²) in [6, 6.07) is 12.9. The number of aromatic nitrogens is 1. The van der Waals surface area contributed by atoms with Gasteiger partial charge in [0.05, 0.1) is 0 Å². The summed E-state index contributed by atoms with van der Waals surface area (Å²) >= 11 is 0. The van der Waals surface area contributed by atoms with Crippen molar-refractivity contribution in [3.05, 3.63) is 88.2 Å². The average molecular weight is 485 g/mol. The molecule has 9 nitrogen and oxygen atoms in total. The number of hydrogen-bond donors (Lipinski definition) is 2. The van der Waals surface area contributed by atoms with Crippen LogP contribution in [0.2, 0.25) is 0 Å². The van der Waals surface area contributed by atoms with Crippen molar-refractivity contribution in [1.29, 1.82) is 0 Å². The van der Waals surface area contributed by atoms with E-state index in [9.17, 15) is 28.8 Å². The number of carbonyl (C=O) groups excluding carboxylic acids is 6. The normalized spacial score (nSPS) is 10.3. The van der Waals surface area contributed by atoms with E-state index < -0.39 is 11.8 Å². The number of amides is 2. The highest BCUT2D eigenvalue weighted by molar-refractivity contribution is 6.08. The highest BCUT2D eigenvalue weighted by atomic mass is 16.2. The summed E-state index contributed by atoms with van der Waals surface area (Å²) in [6.07, 6.45) is 0. The van der Waals surface area contributed by atoms with E-state index in [4.69, 9.17) is 0 Å². The summed E-state index contributed by atoms with van der Waals surface area (Å²) in [4.78, 5) is 76.9. The smallest absolute Gasteiger partial charge is 0.274 e. The monoisotopic (exact) mass is 485 g/mol. The van der Waals surface area contributed by atoms with Crippen LogP contribution in [0.15, 0.2) is 54.6 Å². The van der Waals surface area contributed by atoms with Gasteiger partial charge in [0.1, 0.15) is 11.4 Å². The molecule has 3 rings (SSSR count). The van der Waals surface area contributed by atoms with Gasteiger partial charge in [0.15, 0.2) is 23.1 Å². The number of rotatable bonds is 8. The summed E-state index contributed by atoms with van der Waals surface area (Å²) in [5, 5.41) is 5.18. The fourth-order valence-corrected chi connectivity index (χ4v) is 3.29. The minimum Gasteiger partial charge on any atom is -0.321 e. The molecule has 0 aliphatic heterocycles. The molecule has 0 atom stereocenters. The van der Waals surface area contributed by atoms with Gasteiger partial charge in [-0.15, -0.1) is 0 Å². The zero-order valence-corrected chi connectivity index (χ0v) is 20.1. The van der Waals surface area contributed by atoms with Crippen molar-refractivity contribution in [3.8, 4) is 0 Å². The third-order valence-corrected chi connectivity index (χ3v) is 5.22. The minimum absolute atomic E-state index is 0.0813. The van der Waals surface area contributed by atoms with Gasteiger partial charge in [0, 0.05) is 33.6 Å². The third-order valence-electron chi connectivity index (χ3n) is 5.22. The van der Waals surface area contributed by atoms with E-state index in [0.717, 1.165) is 0 Å². The predicted molar refractivity (Wildman–Crippen MR) is 133 cm³/mol. The Hall–Kier alpha value is -4.79. The van der Waals surface area contributed by atoms with Gasteiger partial charge < -0.3 is 10.6 Å². The largest absolute Gasteiger partial charge is 0.321 e. The number of pyridine rings is 1. The lowest BCUT2D eigenvalue weighted by atomic mass is 10.0. The van der Waals surface area contributed by atoms with E-state index >= 15 is 0 Å². The van der Waals surface area contributed by atoms with Gasteiger partial charge >= 0.3 is 0 Å². The molecule has 36 heavy (non-hydrogen) atoms. The Bertz CT molecular complexity index is 1270. The van der Waals surface area contributed by atoms with Gasteiger partial charge in [-0.25, -0.2) is 4.98 Å². The lowest BCUT2D eigenvalue weighted by Crippen LogP contribution is -2.19. The van der Waals surface area contributed by atoms with Crippen LogP contribution in [0, 0.1) is 0 Å². The molecule has 0 aliphatic rings. The number of benzene rings is 2. The molecule has 0 unspecified atom stereocenters. The number of hydrogen-bond acceptors (Lipinski definition) is 7. The van der Waals surface area contributed by atoms with Crippen LogP contribution in [0.25, 0.3) is 0 Å². The van der Waals surface area contributed by atoms with Crippen LogP contribution in [-0.2, 0) is 0 Å². The average Bonchev–Trinajstić information content (AvgIpc) is 2.83. The van der Waals surface area contributed by atoms with Crippen molar-refractivity contribution in [2.45, 2.75) is 27.7 Å². The van der Waals surface area contributed by atoms with Crippen LogP contribution in [0.5, 0.6) is 0 Å². The quantitative estimate of drug-likeness (QED) is 0.451. The van der Waals surface area contributed by atoms with Gasteiger partial charge in [-0.05, 0) is 76.2 Å². The van der Waals surface area contributed by atoms with Gasteiger partial charge in [-0.3, -0.25) is 28.8 Å². The number of carbonyl (C=O) groups is 6. The summed E-state index contributed by atoms with van der Waals surface area (Å²) in [6.45, 7) is 5.39. The number of nitrogens with one attached hydrogen (secondary N) is 2. The first-order chi connectivity index (χ1) is 16.9. The van der Waals surface area contributed by atoms with E-state index in [1.807, 2.05) is 0 Å². The second-order valence-corrected chi connectivity index (χ2v) is 8.14. The Labute approximate surface area is 206 Å².